The van der Waals surface area contributed by atoms with Gasteiger partial charge in [0.05, 0.1) is 18.2 Å². The summed E-state index contributed by atoms with van der Waals surface area (Å²) in [5, 5.41) is 0. The molecule has 0 aromatic heterocycles. The zero-order valence-electron chi connectivity index (χ0n) is 12.3. The van der Waals surface area contributed by atoms with Crippen LogP contribution in [0.3, 0.4) is 0 Å². The molecule has 2 aliphatic rings. The summed E-state index contributed by atoms with van der Waals surface area (Å²) in [5.74, 6) is -2.07. The molecule has 1 aromatic rings. The van der Waals surface area contributed by atoms with Gasteiger partial charge in [-0.2, -0.15) is 0 Å². The summed E-state index contributed by atoms with van der Waals surface area (Å²) in [4.78, 5) is 38.1. The van der Waals surface area contributed by atoms with Gasteiger partial charge >= 0.3 is 5.97 Å². The molecule has 0 bridgehead atoms. The normalized spacial score (nSPS) is 27.2. The van der Waals surface area contributed by atoms with Crippen LogP contribution in [0.25, 0.3) is 0 Å². The second kappa shape index (κ2) is 5.51. The van der Waals surface area contributed by atoms with Crippen molar-refractivity contribution in [3.05, 3.63) is 29.8 Å². The lowest BCUT2D eigenvalue weighted by Gasteiger charge is -2.18. The quantitative estimate of drug-likeness (QED) is 0.598. The Balaban J connectivity index is 1.88. The van der Waals surface area contributed by atoms with Crippen LogP contribution < -0.4 is 15.8 Å². The lowest BCUT2D eigenvalue weighted by molar-refractivity contribution is -0.147. The predicted octanol–water partition coefficient (Wildman–Crippen LogP) is -0.107. The molecule has 2 aliphatic heterocycles. The smallest absolute Gasteiger partial charge is 0.325 e. The van der Waals surface area contributed by atoms with E-state index in [-0.39, 0.29) is 12.5 Å². The Hall–Kier alpha value is -2.25. The van der Waals surface area contributed by atoms with Gasteiger partial charge in [-0.05, 0) is 26.0 Å². The molecule has 7 heteroatoms. The van der Waals surface area contributed by atoms with Crippen molar-refractivity contribution in [2.45, 2.75) is 25.9 Å². The lowest BCUT2D eigenvalue weighted by atomic mass is 9.97. The molecular formula is C15H17N3O4. The molecule has 3 rings (SSSR count). The van der Waals surface area contributed by atoms with Gasteiger partial charge in [0.1, 0.15) is 12.1 Å². The molecule has 0 aliphatic carbocycles. The van der Waals surface area contributed by atoms with Gasteiger partial charge in [-0.15, -0.1) is 0 Å². The molecule has 3 unspecified atom stereocenters. The number of carbonyl (C=O) groups excluding carboxylic acids is 3. The van der Waals surface area contributed by atoms with Crippen molar-refractivity contribution in [2.24, 2.45) is 5.92 Å². The van der Waals surface area contributed by atoms with Gasteiger partial charge in [0.25, 0.3) is 5.91 Å². The molecule has 116 valence electrons. The standard InChI is InChI=1S/C15H17N3O4/c1-3-22-15(21)12-10-11(16-17-12)14(20)18(13(10)19)9-6-4-8(2)5-7-9/h4-7,10-12,16-17H,3H2,1-2H3. The number of amides is 2. The molecule has 7 nitrogen and oxygen atoms in total. The molecule has 2 N–H and O–H groups in total. The Morgan fingerprint density at radius 2 is 1.86 bits per heavy atom. The van der Waals surface area contributed by atoms with Crippen LogP contribution in [0.5, 0.6) is 0 Å². The third-order valence-electron chi connectivity index (χ3n) is 3.94. The average Bonchev–Trinajstić information content (AvgIpc) is 3.03. The van der Waals surface area contributed by atoms with E-state index in [4.69, 9.17) is 4.74 Å². The van der Waals surface area contributed by atoms with Crippen LogP contribution in [0.4, 0.5) is 5.69 Å². The van der Waals surface area contributed by atoms with Crippen molar-refractivity contribution in [2.75, 3.05) is 11.5 Å². The van der Waals surface area contributed by atoms with Gasteiger partial charge < -0.3 is 4.74 Å². The summed E-state index contributed by atoms with van der Waals surface area (Å²) in [5.41, 5.74) is 6.98. The fraction of sp³-hybridized carbons (Fsp3) is 0.400. The number of anilines is 1. The second-order valence-corrected chi connectivity index (χ2v) is 5.37. The van der Waals surface area contributed by atoms with Gasteiger partial charge in [0.15, 0.2) is 0 Å². The summed E-state index contributed by atoms with van der Waals surface area (Å²) < 4.78 is 4.95. The largest absolute Gasteiger partial charge is 0.465 e. The molecule has 3 atom stereocenters. The molecule has 0 radical (unpaired) electrons. The number of carbonyl (C=O) groups is 3. The maximum atomic E-state index is 12.6. The van der Waals surface area contributed by atoms with E-state index in [2.05, 4.69) is 10.9 Å². The van der Waals surface area contributed by atoms with Crippen molar-refractivity contribution in [1.29, 1.82) is 0 Å². The first-order valence-electron chi connectivity index (χ1n) is 7.16. The van der Waals surface area contributed by atoms with E-state index in [1.54, 1.807) is 19.1 Å². The Morgan fingerprint density at radius 1 is 1.18 bits per heavy atom. The SMILES string of the molecule is CCOC(=O)C1NNC2C(=O)N(c3ccc(C)cc3)C(=O)C12. The van der Waals surface area contributed by atoms with Gasteiger partial charge in [-0.1, -0.05) is 17.7 Å². The highest BCUT2D eigenvalue weighted by molar-refractivity contribution is 6.24. The monoisotopic (exact) mass is 303 g/mol. The van der Waals surface area contributed by atoms with E-state index in [0.717, 1.165) is 10.5 Å². The molecule has 2 amide bonds. The number of hydrazine groups is 1. The Labute approximate surface area is 127 Å². The van der Waals surface area contributed by atoms with Crippen LogP contribution in [0.15, 0.2) is 24.3 Å². The number of nitrogens with zero attached hydrogens (tertiary/aromatic N) is 1. The molecule has 0 saturated carbocycles. The van der Waals surface area contributed by atoms with Crippen molar-refractivity contribution >= 4 is 23.5 Å². The van der Waals surface area contributed by atoms with Crippen molar-refractivity contribution in [3.63, 3.8) is 0 Å². The van der Waals surface area contributed by atoms with Crippen molar-refractivity contribution in [1.82, 2.24) is 10.9 Å². The van der Waals surface area contributed by atoms with E-state index in [1.807, 2.05) is 19.1 Å². The maximum absolute atomic E-state index is 12.6. The minimum Gasteiger partial charge on any atom is -0.465 e. The number of imide groups is 1. The maximum Gasteiger partial charge on any atom is 0.325 e. The topological polar surface area (TPSA) is 87.7 Å². The zero-order valence-corrected chi connectivity index (χ0v) is 12.3. The Bertz CT molecular complexity index is 628. The lowest BCUT2D eigenvalue weighted by Crippen LogP contribution is -2.46. The number of benzene rings is 1. The van der Waals surface area contributed by atoms with E-state index in [0.29, 0.717) is 5.69 Å². The zero-order chi connectivity index (χ0) is 15.9. The van der Waals surface area contributed by atoms with Crippen LogP contribution in [-0.2, 0) is 19.1 Å². The predicted molar refractivity (Wildman–Crippen MR) is 77.6 cm³/mol. The molecule has 2 fully saturated rings. The Morgan fingerprint density at radius 3 is 2.50 bits per heavy atom. The summed E-state index contributed by atoms with van der Waals surface area (Å²) in [6.07, 6.45) is 0. The van der Waals surface area contributed by atoms with Gasteiger partial charge in [0.2, 0.25) is 5.91 Å². The number of nitrogens with one attached hydrogen (secondary N) is 2. The molecule has 2 saturated heterocycles. The number of fused-ring (bicyclic) bond motifs is 1. The highest BCUT2D eigenvalue weighted by atomic mass is 16.5. The van der Waals surface area contributed by atoms with Gasteiger partial charge in [-0.25, -0.2) is 15.8 Å². The van der Waals surface area contributed by atoms with Crippen molar-refractivity contribution < 1.29 is 19.1 Å². The van der Waals surface area contributed by atoms with E-state index in [9.17, 15) is 14.4 Å². The van der Waals surface area contributed by atoms with Crippen molar-refractivity contribution in [3.8, 4) is 0 Å². The Kier molecular flexibility index (Phi) is 3.67. The number of esters is 1. The fourth-order valence-electron chi connectivity index (χ4n) is 2.83. The third kappa shape index (κ3) is 2.18. The minimum absolute atomic E-state index is 0.220. The number of ether oxygens (including phenoxy) is 1. The number of hydrogen-bond donors (Lipinski definition) is 2. The second-order valence-electron chi connectivity index (χ2n) is 5.37. The van der Waals surface area contributed by atoms with Gasteiger partial charge in [-0.3, -0.25) is 14.4 Å². The molecule has 1 aromatic carbocycles. The van der Waals surface area contributed by atoms with E-state index >= 15 is 0 Å². The first-order valence-corrected chi connectivity index (χ1v) is 7.16. The number of hydrogen-bond acceptors (Lipinski definition) is 6. The molecular weight excluding hydrogens is 286 g/mol. The summed E-state index contributed by atoms with van der Waals surface area (Å²) in [6.45, 7) is 3.84. The van der Waals surface area contributed by atoms with Crippen LogP contribution >= 0.6 is 0 Å². The first kappa shape index (κ1) is 14.7. The first-order chi connectivity index (χ1) is 10.5. The third-order valence-corrected chi connectivity index (χ3v) is 3.94. The number of rotatable bonds is 3. The molecule has 22 heavy (non-hydrogen) atoms. The van der Waals surface area contributed by atoms with E-state index < -0.39 is 29.9 Å². The van der Waals surface area contributed by atoms with Crippen LogP contribution in [0.2, 0.25) is 0 Å². The highest BCUT2D eigenvalue weighted by Crippen LogP contribution is 2.31. The molecule has 0 spiro atoms. The minimum atomic E-state index is -0.850. The number of aryl methyl sites for hydroxylation is 1. The van der Waals surface area contributed by atoms with E-state index in [1.165, 1.54) is 0 Å². The van der Waals surface area contributed by atoms with Gasteiger partial charge in [0, 0.05) is 0 Å². The summed E-state index contributed by atoms with van der Waals surface area (Å²) in [7, 11) is 0. The van der Waals surface area contributed by atoms with Crippen LogP contribution in [0.1, 0.15) is 12.5 Å². The summed E-state index contributed by atoms with van der Waals surface area (Å²) in [6, 6.07) is 5.51. The fourth-order valence-corrected chi connectivity index (χ4v) is 2.83. The van der Waals surface area contributed by atoms with Crippen LogP contribution in [-0.4, -0.2) is 36.5 Å². The molecule has 2 heterocycles. The summed E-state index contributed by atoms with van der Waals surface area (Å²) >= 11 is 0. The highest BCUT2D eigenvalue weighted by Gasteiger charge is 2.57. The van der Waals surface area contributed by atoms with Crippen LogP contribution in [0, 0.1) is 12.8 Å². The average molecular weight is 303 g/mol.